The number of rotatable bonds is 5. The summed E-state index contributed by atoms with van der Waals surface area (Å²) in [4.78, 5) is 15.0. The highest BCUT2D eigenvalue weighted by molar-refractivity contribution is 5.92. The first kappa shape index (κ1) is 18.7. The van der Waals surface area contributed by atoms with Gasteiger partial charge in [0.2, 0.25) is 0 Å². The van der Waals surface area contributed by atoms with E-state index < -0.39 is 0 Å². The van der Waals surface area contributed by atoms with E-state index in [-0.39, 0.29) is 11.9 Å². The molecule has 4 rings (SSSR count). The number of carbonyl (C=O) groups is 1. The number of amides is 1. The van der Waals surface area contributed by atoms with Crippen LogP contribution < -0.4 is 20.3 Å². The van der Waals surface area contributed by atoms with E-state index in [1.54, 1.807) is 13.3 Å². The third-order valence-corrected chi connectivity index (χ3v) is 5.60. The van der Waals surface area contributed by atoms with Gasteiger partial charge < -0.3 is 20.3 Å². The fourth-order valence-electron chi connectivity index (χ4n) is 4.03. The molecule has 3 heterocycles. The Hall–Kier alpha value is -2.61. The Morgan fingerprint density at radius 2 is 2.14 bits per heavy atom. The summed E-state index contributed by atoms with van der Waals surface area (Å²) >= 11 is 0. The van der Waals surface area contributed by atoms with Crippen molar-refractivity contribution in [3.05, 3.63) is 36.2 Å². The van der Waals surface area contributed by atoms with Gasteiger partial charge in [-0.05, 0) is 50.9 Å². The molecule has 0 saturated carbocycles. The maximum absolute atomic E-state index is 12.7. The van der Waals surface area contributed by atoms with E-state index in [4.69, 9.17) is 4.74 Å². The molecular weight excluding hydrogens is 356 g/mol. The van der Waals surface area contributed by atoms with Crippen molar-refractivity contribution < 1.29 is 9.53 Å². The molecule has 1 unspecified atom stereocenters. The van der Waals surface area contributed by atoms with Crippen LogP contribution in [0.1, 0.15) is 42.2 Å². The zero-order valence-corrected chi connectivity index (χ0v) is 16.3. The van der Waals surface area contributed by atoms with Crippen molar-refractivity contribution in [2.24, 2.45) is 0 Å². The predicted octanol–water partition coefficient (Wildman–Crippen LogP) is 1.61. The first-order valence-electron chi connectivity index (χ1n) is 10.1. The van der Waals surface area contributed by atoms with Crippen LogP contribution >= 0.6 is 0 Å². The second kappa shape index (κ2) is 8.60. The van der Waals surface area contributed by atoms with E-state index in [1.165, 1.54) is 0 Å². The highest BCUT2D eigenvalue weighted by Gasteiger charge is 2.24. The summed E-state index contributed by atoms with van der Waals surface area (Å²) in [6.45, 7) is 3.72. The minimum Gasteiger partial charge on any atom is -0.497 e. The first-order valence-corrected chi connectivity index (χ1v) is 10.1. The third kappa shape index (κ3) is 4.27. The fourth-order valence-corrected chi connectivity index (χ4v) is 4.03. The van der Waals surface area contributed by atoms with Gasteiger partial charge in [0.15, 0.2) is 5.69 Å². The zero-order valence-electron chi connectivity index (χ0n) is 16.3. The van der Waals surface area contributed by atoms with Gasteiger partial charge in [-0.3, -0.25) is 4.79 Å². The molecular formula is C20H28N6O2. The maximum Gasteiger partial charge on any atom is 0.273 e. The fraction of sp³-hybridized carbons (Fsp3) is 0.550. The first-order chi connectivity index (χ1) is 13.7. The Kier molecular flexibility index (Phi) is 5.76. The van der Waals surface area contributed by atoms with Crippen molar-refractivity contribution in [3.8, 4) is 5.75 Å². The molecule has 2 aliphatic rings. The van der Waals surface area contributed by atoms with E-state index in [0.29, 0.717) is 11.7 Å². The Labute approximate surface area is 165 Å². The number of aromatic nitrogens is 3. The molecule has 1 atom stereocenters. The third-order valence-electron chi connectivity index (χ3n) is 5.60. The van der Waals surface area contributed by atoms with Gasteiger partial charge >= 0.3 is 0 Å². The van der Waals surface area contributed by atoms with Crippen LogP contribution in [0, 0.1) is 0 Å². The molecule has 150 valence electrons. The number of piperidine rings is 2. The van der Waals surface area contributed by atoms with Gasteiger partial charge in [-0.25, -0.2) is 4.68 Å². The molecule has 2 aliphatic heterocycles. The lowest BCUT2D eigenvalue weighted by atomic mass is 10.0. The summed E-state index contributed by atoms with van der Waals surface area (Å²) in [5, 5.41) is 14.8. The van der Waals surface area contributed by atoms with Crippen molar-refractivity contribution >= 4 is 11.6 Å². The lowest BCUT2D eigenvalue weighted by Crippen LogP contribution is -2.48. The normalized spacial score (nSPS) is 20.8. The van der Waals surface area contributed by atoms with Gasteiger partial charge in [0.25, 0.3) is 5.91 Å². The highest BCUT2D eigenvalue weighted by atomic mass is 16.5. The van der Waals surface area contributed by atoms with Crippen molar-refractivity contribution in [1.82, 2.24) is 25.6 Å². The van der Waals surface area contributed by atoms with E-state index in [1.807, 2.05) is 22.9 Å². The molecule has 1 amide bonds. The standard InChI is InChI=1S/C20H28N6O2/c1-28-18-6-2-5-17(12-18)25-11-3-4-15(13-25)22-20(27)19-14-26(24-23-19)16-7-9-21-10-8-16/h2,5-6,12,14-16,21H,3-4,7-11,13H2,1H3,(H,22,27). The Morgan fingerprint density at radius 3 is 2.96 bits per heavy atom. The van der Waals surface area contributed by atoms with E-state index >= 15 is 0 Å². The molecule has 0 radical (unpaired) electrons. The molecule has 2 aromatic rings. The van der Waals surface area contributed by atoms with Crippen molar-refractivity contribution in [3.63, 3.8) is 0 Å². The van der Waals surface area contributed by atoms with Crippen LogP contribution in [0.4, 0.5) is 5.69 Å². The Balaban J connectivity index is 1.37. The van der Waals surface area contributed by atoms with Crippen molar-refractivity contribution in [2.75, 3.05) is 38.2 Å². The van der Waals surface area contributed by atoms with Crippen molar-refractivity contribution in [1.29, 1.82) is 0 Å². The topological polar surface area (TPSA) is 84.3 Å². The number of methoxy groups -OCH3 is 1. The van der Waals surface area contributed by atoms with E-state index in [9.17, 15) is 4.79 Å². The Morgan fingerprint density at radius 1 is 1.29 bits per heavy atom. The van der Waals surface area contributed by atoms with Crippen LogP contribution in [0.5, 0.6) is 5.75 Å². The summed E-state index contributed by atoms with van der Waals surface area (Å²) in [6, 6.07) is 8.48. The van der Waals surface area contributed by atoms with Gasteiger partial charge in [-0.1, -0.05) is 11.3 Å². The smallest absolute Gasteiger partial charge is 0.273 e. The largest absolute Gasteiger partial charge is 0.497 e. The average Bonchev–Trinajstić information content (AvgIpc) is 3.25. The molecule has 0 bridgehead atoms. The molecule has 8 heteroatoms. The summed E-state index contributed by atoms with van der Waals surface area (Å²) in [6.07, 6.45) is 5.82. The van der Waals surface area contributed by atoms with Crippen LogP contribution in [-0.2, 0) is 0 Å². The molecule has 1 aromatic carbocycles. The number of carbonyl (C=O) groups excluding carboxylic acids is 1. The van der Waals surface area contributed by atoms with E-state index in [0.717, 1.165) is 63.3 Å². The second-order valence-corrected chi connectivity index (χ2v) is 7.53. The van der Waals surface area contributed by atoms with Gasteiger partial charge in [-0.15, -0.1) is 5.10 Å². The molecule has 1 aromatic heterocycles. The summed E-state index contributed by atoms with van der Waals surface area (Å²) in [7, 11) is 1.68. The molecule has 8 nitrogen and oxygen atoms in total. The molecule has 2 N–H and O–H groups in total. The maximum atomic E-state index is 12.7. The van der Waals surface area contributed by atoms with Crippen LogP contribution in [0.15, 0.2) is 30.5 Å². The SMILES string of the molecule is COc1cccc(N2CCCC(NC(=O)c3cn(C4CCNCC4)nn3)C2)c1. The lowest BCUT2D eigenvalue weighted by Gasteiger charge is -2.34. The van der Waals surface area contributed by atoms with Gasteiger partial charge in [0.1, 0.15) is 5.75 Å². The highest BCUT2D eigenvalue weighted by Crippen LogP contribution is 2.24. The minimum atomic E-state index is -0.141. The number of hydrogen-bond acceptors (Lipinski definition) is 6. The number of nitrogens with one attached hydrogen (secondary N) is 2. The summed E-state index contributed by atoms with van der Waals surface area (Å²) in [5.41, 5.74) is 1.52. The molecule has 0 aliphatic carbocycles. The van der Waals surface area contributed by atoms with Gasteiger partial charge in [-0.2, -0.15) is 0 Å². The van der Waals surface area contributed by atoms with Gasteiger partial charge in [0, 0.05) is 30.9 Å². The number of hydrogen-bond donors (Lipinski definition) is 2. The van der Waals surface area contributed by atoms with E-state index in [2.05, 4.69) is 31.9 Å². The zero-order chi connectivity index (χ0) is 19.3. The number of nitrogens with zero attached hydrogens (tertiary/aromatic N) is 4. The molecule has 28 heavy (non-hydrogen) atoms. The lowest BCUT2D eigenvalue weighted by molar-refractivity contribution is 0.0928. The Bertz CT molecular complexity index is 801. The second-order valence-electron chi connectivity index (χ2n) is 7.53. The molecule has 0 spiro atoms. The quantitative estimate of drug-likeness (QED) is 0.815. The van der Waals surface area contributed by atoms with Crippen LogP contribution in [0.3, 0.4) is 0 Å². The summed E-state index contributed by atoms with van der Waals surface area (Å²) < 4.78 is 7.18. The van der Waals surface area contributed by atoms with Crippen molar-refractivity contribution in [2.45, 2.75) is 37.8 Å². The predicted molar refractivity (Wildman–Crippen MR) is 107 cm³/mol. The molecule has 2 fully saturated rings. The minimum absolute atomic E-state index is 0.0940. The monoisotopic (exact) mass is 384 g/mol. The van der Waals surface area contributed by atoms with Gasteiger partial charge in [0.05, 0.1) is 19.3 Å². The van der Waals surface area contributed by atoms with Crippen LogP contribution in [-0.4, -0.2) is 60.2 Å². The van der Waals surface area contributed by atoms with Crippen LogP contribution in [0.2, 0.25) is 0 Å². The number of benzene rings is 1. The summed E-state index contributed by atoms with van der Waals surface area (Å²) in [5.74, 6) is 0.705. The average molecular weight is 384 g/mol. The molecule has 2 saturated heterocycles. The number of ether oxygens (including phenoxy) is 1. The number of anilines is 1. The van der Waals surface area contributed by atoms with Crippen LogP contribution in [0.25, 0.3) is 0 Å².